The van der Waals surface area contributed by atoms with Crippen LogP contribution in [-0.4, -0.2) is 24.1 Å². The standard InChI is InChI=1S/C4F9N/c5-1(6,3(9,10)11)2(7,8)4(12,13)14. The summed E-state index contributed by atoms with van der Waals surface area (Å²) in [6, 6.07) is -6.47. The Labute approximate surface area is 70.7 Å². The van der Waals surface area contributed by atoms with Crippen molar-refractivity contribution in [3.63, 3.8) is 0 Å². The van der Waals surface area contributed by atoms with Crippen LogP contribution in [0.25, 0.3) is 0 Å². The minimum absolute atomic E-state index is 6.47. The smallest absolute Gasteiger partial charge is 0.190 e. The van der Waals surface area contributed by atoms with E-state index in [1.165, 1.54) is 0 Å². The third kappa shape index (κ3) is 1.74. The van der Waals surface area contributed by atoms with Crippen molar-refractivity contribution < 1.29 is 39.5 Å². The van der Waals surface area contributed by atoms with Gasteiger partial charge in [-0.2, -0.15) is 39.5 Å². The van der Waals surface area contributed by atoms with Gasteiger partial charge in [-0.05, 0) is 0 Å². The first-order valence-electron chi connectivity index (χ1n) is 2.67. The van der Waals surface area contributed by atoms with Gasteiger partial charge in [0.05, 0.1) is 0 Å². The fraction of sp³-hybridized carbons (Fsp3) is 1.00. The zero-order valence-electron chi connectivity index (χ0n) is 5.85. The average Bonchev–Trinajstić information content (AvgIpc) is 1.81. The lowest BCUT2D eigenvalue weighted by Gasteiger charge is -2.30. The topological polar surface area (TPSA) is 22.3 Å². The first kappa shape index (κ1) is 13.3. The van der Waals surface area contributed by atoms with E-state index in [0.29, 0.717) is 0 Å². The zero-order chi connectivity index (χ0) is 12.0. The van der Waals surface area contributed by atoms with Crippen molar-refractivity contribution in [2.45, 2.75) is 24.1 Å². The minimum Gasteiger partial charge on any atom is -0.190 e. The molecule has 0 heterocycles. The van der Waals surface area contributed by atoms with Crippen LogP contribution in [0, 0.1) is 0 Å². The van der Waals surface area contributed by atoms with Crippen LogP contribution in [0.4, 0.5) is 39.5 Å². The van der Waals surface area contributed by atoms with Crippen LogP contribution in [0.1, 0.15) is 0 Å². The molecule has 2 radical (unpaired) electrons. The van der Waals surface area contributed by atoms with Crippen molar-refractivity contribution in [3.8, 4) is 0 Å². The normalized spacial score (nSPS) is 15.9. The molecule has 0 aliphatic carbocycles. The number of alkyl halides is 9. The monoisotopic (exact) mass is 233 g/mol. The van der Waals surface area contributed by atoms with E-state index in [4.69, 9.17) is 5.73 Å². The molecule has 0 aromatic carbocycles. The maximum Gasteiger partial charge on any atom is 0.460 e. The Balaban J connectivity index is 5.30. The van der Waals surface area contributed by atoms with E-state index in [2.05, 4.69) is 0 Å². The predicted molar refractivity (Wildman–Crippen MR) is 23.0 cm³/mol. The van der Waals surface area contributed by atoms with E-state index < -0.39 is 24.1 Å². The Morgan fingerprint density at radius 1 is 0.571 bits per heavy atom. The van der Waals surface area contributed by atoms with Crippen molar-refractivity contribution in [2.75, 3.05) is 0 Å². The summed E-state index contributed by atoms with van der Waals surface area (Å²) in [6.45, 7) is 0. The molecule has 0 saturated carbocycles. The Hall–Kier alpha value is -0.670. The number of rotatable bonds is 2. The van der Waals surface area contributed by atoms with Crippen LogP contribution in [0.2, 0.25) is 0 Å². The Morgan fingerprint density at radius 3 is 0.929 bits per heavy atom. The van der Waals surface area contributed by atoms with Crippen LogP contribution in [0.3, 0.4) is 0 Å². The molecule has 0 spiro atoms. The molecule has 0 aliphatic rings. The number of halogens is 9. The number of nitrogens with zero attached hydrogens (tertiary/aromatic N) is 1. The molecule has 0 unspecified atom stereocenters. The van der Waals surface area contributed by atoms with E-state index in [1.54, 1.807) is 0 Å². The van der Waals surface area contributed by atoms with Crippen LogP contribution in [0.5, 0.6) is 0 Å². The highest BCUT2D eigenvalue weighted by Crippen LogP contribution is 2.51. The van der Waals surface area contributed by atoms with Crippen molar-refractivity contribution >= 4 is 0 Å². The molecule has 10 heteroatoms. The Morgan fingerprint density at radius 2 is 0.857 bits per heavy atom. The van der Waals surface area contributed by atoms with E-state index in [-0.39, 0.29) is 0 Å². The minimum atomic E-state index is -7.02. The highest BCUT2D eigenvalue weighted by atomic mass is 19.4. The molecule has 0 amide bonds. The van der Waals surface area contributed by atoms with E-state index >= 15 is 0 Å². The van der Waals surface area contributed by atoms with Crippen molar-refractivity contribution in [3.05, 3.63) is 0 Å². The van der Waals surface area contributed by atoms with E-state index in [0.717, 1.165) is 0 Å². The summed E-state index contributed by atoms with van der Waals surface area (Å²) in [6.07, 6.45) is -6.89. The van der Waals surface area contributed by atoms with Gasteiger partial charge in [-0.25, -0.2) is 0 Å². The summed E-state index contributed by atoms with van der Waals surface area (Å²) in [5.41, 5.74) is 7.18. The Kier molecular flexibility index (Phi) is 2.77. The first-order chi connectivity index (χ1) is 5.75. The lowest BCUT2D eigenvalue weighted by molar-refractivity contribution is -0.396. The summed E-state index contributed by atoms with van der Waals surface area (Å²) >= 11 is 0. The second-order valence-electron chi connectivity index (χ2n) is 2.19. The molecule has 0 bridgehead atoms. The first-order valence-corrected chi connectivity index (χ1v) is 2.67. The van der Waals surface area contributed by atoms with Crippen molar-refractivity contribution in [2.24, 2.45) is 0 Å². The van der Waals surface area contributed by atoms with Gasteiger partial charge in [0.15, 0.2) is 0 Å². The van der Waals surface area contributed by atoms with Crippen LogP contribution < -0.4 is 5.73 Å². The van der Waals surface area contributed by atoms with Crippen molar-refractivity contribution in [1.29, 1.82) is 0 Å². The summed E-state index contributed by atoms with van der Waals surface area (Å²) < 4.78 is 103. The van der Waals surface area contributed by atoms with Crippen LogP contribution in [-0.2, 0) is 0 Å². The highest BCUT2D eigenvalue weighted by molar-refractivity contribution is 4.97. The summed E-state index contributed by atoms with van der Waals surface area (Å²) in [7, 11) is 0. The third-order valence-corrected chi connectivity index (χ3v) is 1.13. The fourth-order valence-electron chi connectivity index (χ4n) is 0.367. The summed E-state index contributed by atoms with van der Waals surface area (Å²) in [5.74, 6) is -13.9. The van der Waals surface area contributed by atoms with Crippen LogP contribution in [0.15, 0.2) is 0 Å². The molecule has 0 atom stereocenters. The third-order valence-electron chi connectivity index (χ3n) is 1.13. The lowest BCUT2D eigenvalue weighted by atomic mass is 10.1. The van der Waals surface area contributed by atoms with Gasteiger partial charge in [-0.3, -0.25) is 0 Å². The van der Waals surface area contributed by atoms with Gasteiger partial charge in [-0.15, -0.1) is 0 Å². The molecule has 0 fully saturated rings. The Bertz CT molecular complexity index is 186. The number of hydrogen-bond donors (Lipinski definition) is 0. The number of hydrogen-bond acceptors (Lipinski definition) is 0. The summed E-state index contributed by atoms with van der Waals surface area (Å²) in [4.78, 5) is 0. The molecule has 1 nitrogen and oxygen atoms in total. The van der Waals surface area contributed by atoms with Gasteiger partial charge in [0, 0.05) is 0 Å². The zero-order valence-corrected chi connectivity index (χ0v) is 5.85. The van der Waals surface area contributed by atoms with Crippen molar-refractivity contribution in [1.82, 2.24) is 5.73 Å². The van der Waals surface area contributed by atoms with Crippen LogP contribution >= 0.6 is 0 Å². The van der Waals surface area contributed by atoms with Gasteiger partial charge >= 0.3 is 24.1 Å². The molecule has 14 heavy (non-hydrogen) atoms. The molecule has 0 N–H and O–H groups in total. The van der Waals surface area contributed by atoms with Gasteiger partial charge in [-0.1, -0.05) is 5.73 Å². The molecule has 0 aromatic rings. The molecule has 0 aromatic heterocycles. The second-order valence-corrected chi connectivity index (χ2v) is 2.19. The molecule has 84 valence electrons. The van der Waals surface area contributed by atoms with Gasteiger partial charge in [0.25, 0.3) is 0 Å². The molecular weight excluding hydrogens is 233 g/mol. The maximum atomic E-state index is 11.7. The van der Waals surface area contributed by atoms with E-state index in [9.17, 15) is 39.5 Å². The maximum absolute atomic E-state index is 11.7. The molecule has 0 saturated heterocycles. The largest absolute Gasteiger partial charge is 0.460 e. The highest BCUT2D eigenvalue weighted by Gasteiger charge is 2.81. The van der Waals surface area contributed by atoms with E-state index in [1.807, 2.05) is 0 Å². The second kappa shape index (κ2) is 2.91. The quantitative estimate of drug-likeness (QED) is 0.516. The predicted octanol–water partition coefficient (Wildman–Crippen LogP) is 2.48. The lowest BCUT2D eigenvalue weighted by Crippen LogP contribution is -2.61. The summed E-state index contributed by atoms with van der Waals surface area (Å²) in [5, 5.41) is 0. The SMILES string of the molecule is [N]C(F)(F)C(F)(F)C(F)(F)C(F)(F)F. The van der Waals surface area contributed by atoms with Gasteiger partial charge in [0.2, 0.25) is 0 Å². The average molecular weight is 233 g/mol. The molecule has 0 aliphatic heterocycles. The van der Waals surface area contributed by atoms with Gasteiger partial charge in [0.1, 0.15) is 0 Å². The fourth-order valence-corrected chi connectivity index (χ4v) is 0.367. The molecular formula is C4F9N. The molecule has 0 rings (SSSR count). The van der Waals surface area contributed by atoms with Gasteiger partial charge < -0.3 is 0 Å².